The molecule has 0 aromatic heterocycles. The lowest BCUT2D eigenvalue weighted by molar-refractivity contribution is -0.914. The van der Waals surface area contributed by atoms with Crippen LogP contribution in [0.4, 0.5) is 5.69 Å². The average molecular weight is 332 g/mol. The van der Waals surface area contributed by atoms with Crippen LogP contribution in [-0.2, 0) is 6.54 Å². The van der Waals surface area contributed by atoms with Crippen molar-refractivity contribution < 1.29 is 10.0 Å². The quantitative estimate of drug-likeness (QED) is 0.904. The van der Waals surface area contributed by atoms with Crippen molar-refractivity contribution >= 4 is 17.3 Å². The van der Waals surface area contributed by atoms with E-state index < -0.39 is 0 Å². The van der Waals surface area contributed by atoms with Crippen molar-refractivity contribution in [2.24, 2.45) is 0 Å². The van der Waals surface area contributed by atoms with E-state index in [2.05, 4.69) is 36.9 Å². The van der Waals surface area contributed by atoms with Crippen molar-refractivity contribution in [1.29, 1.82) is 0 Å². The SMILES string of the molecule is Cc1cccc(N2CC[NH+](Cc3cc(Cl)ccc3O)CC2)c1C. The molecule has 3 nitrogen and oxygen atoms in total. The molecule has 0 atom stereocenters. The van der Waals surface area contributed by atoms with E-state index in [9.17, 15) is 5.11 Å². The molecule has 1 aliphatic rings. The number of aromatic hydroxyl groups is 1. The molecule has 0 aliphatic carbocycles. The highest BCUT2D eigenvalue weighted by Crippen LogP contribution is 2.23. The van der Waals surface area contributed by atoms with Gasteiger partial charge in [-0.2, -0.15) is 0 Å². The van der Waals surface area contributed by atoms with Crippen LogP contribution in [-0.4, -0.2) is 31.3 Å². The van der Waals surface area contributed by atoms with E-state index >= 15 is 0 Å². The van der Waals surface area contributed by atoms with Crippen molar-refractivity contribution in [3.8, 4) is 5.75 Å². The summed E-state index contributed by atoms with van der Waals surface area (Å²) in [5.41, 5.74) is 5.02. The fourth-order valence-electron chi connectivity index (χ4n) is 3.28. The van der Waals surface area contributed by atoms with Crippen LogP contribution in [0.15, 0.2) is 36.4 Å². The van der Waals surface area contributed by atoms with Crippen molar-refractivity contribution in [3.63, 3.8) is 0 Å². The maximum atomic E-state index is 9.98. The number of piperazine rings is 1. The molecule has 0 spiro atoms. The molecular formula is C19H24ClN2O+. The Bertz CT molecular complexity index is 694. The van der Waals surface area contributed by atoms with Gasteiger partial charge in [0.25, 0.3) is 0 Å². The summed E-state index contributed by atoms with van der Waals surface area (Å²) in [6.07, 6.45) is 0. The van der Waals surface area contributed by atoms with Crippen molar-refractivity contribution in [3.05, 3.63) is 58.1 Å². The fraction of sp³-hybridized carbons (Fsp3) is 0.368. The highest BCUT2D eigenvalue weighted by atomic mass is 35.5. The summed E-state index contributed by atoms with van der Waals surface area (Å²) in [5, 5.41) is 10.7. The number of quaternary nitrogens is 1. The third-order valence-corrected chi connectivity index (χ3v) is 5.10. The predicted molar refractivity (Wildman–Crippen MR) is 95.6 cm³/mol. The second-order valence-electron chi connectivity index (χ2n) is 6.41. The molecule has 1 heterocycles. The third-order valence-electron chi connectivity index (χ3n) is 4.87. The average Bonchev–Trinajstić information content (AvgIpc) is 2.54. The molecule has 2 aromatic carbocycles. The first-order valence-corrected chi connectivity index (χ1v) is 8.54. The first-order valence-electron chi connectivity index (χ1n) is 8.16. The Morgan fingerprint density at radius 2 is 1.87 bits per heavy atom. The lowest BCUT2D eigenvalue weighted by atomic mass is 10.1. The lowest BCUT2D eigenvalue weighted by Gasteiger charge is -2.34. The number of nitrogens with one attached hydrogen (secondary N) is 1. The summed E-state index contributed by atoms with van der Waals surface area (Å²) in [5.74, 6) is 0.346. The summed E-state index contributed by atoms with van der Waals surface area (Å²) in [6, 6.07) is 11.8. The lowest BCUT2D eigenvalue weighted by Crippen LogP contribution is -3.13. The number of rotatable bonds is 3. The van der Waals surface area contributed by atoms with Gasteiger partial charge in [-0.3, -0.25) is 0 Å². The van der Waals surface area contributed by atoms with Gasteiger partial charge >= 0.3 is 0 Å². The Labute approximate surface area is 143 Å². The fourth-order valence-corrected chi connectivity index (χ4v) is 3.48. The molecule has 2 aromatic rings. The van der Waals surface area contributed by atoms with Gasteiger partial charge in [0, 0.05) is 16.3 Å². The van der Waals surface area contributed by atoms with Crippen LogP contribution in [0.3, 0.4) is 0 Å². The normalized spacial score (nSPS) is 15.9. The highest BCUT2D eigenvalue weighted by Gasteiger charge is 2.22. The van der Waals surface area contributed by atoms with Crippen LogP contribution in [0, 0.1) is 13.8 Å². The maximum absolute atomic E-state index is 9.98. The zero-order chi connectivity index (χ0) is 16.4. The van der Waals surface area contributed by atoms with E-state index in [0.29, 0.717) is 10.8 Å². The van der Waals surface area contributed by atoms with Crippen LogP contribution < -0.4 is 9.80 Å². The van der Waals surface area contributed by atoms with E-state index in [1.54, 1.807) is 12.1 Å². The van der Waals surface area contributed by atoms with Crippen molar-refractivity contribution in [2.45, 2.75) is 20.4 Å². The van der Waals surface area contributed by atoms with E-state index in [4.69, 9.17) is 11.6 Å². The molecular weight excluding hydrogens is 308 g/mol. The van der Waals surface area contributed by atoms with Crippen LogP contribution in [0.25, 0.3) is 0 Å². The molecule has 23 heavy (non-hydrogen) atoms. The Morgan fingerprint density at radius 1 is 1.13 bits per heavy atom. The number of phenolic OH excluding ortho intramolecular Hbond substituents is 1. The molecule has 1 fully saturated rings. The van der Waals surface area contributed by atoms with Gasteiger partial charge in [0.2, 0.25) is 0 Å². The number of phenols is 1. The largest absolute Gasteiger partial charge is 0.507 e. The van der Waals surface area contributed by atoms with Crippen LogP contribution in [0.2, 0.25) is 5.02 Å². The molecule has 1 aliphatic heterocycles. The minimum absolute atomic E-state index is 0.346. The molecule has 0 unspecified atom stereocenters. The standard InChI is InChI=1S/C19H23ClN2O/c1-14-4-3-5-18(15(14)2)22-10-8-21(9-11-22)13-16-12-17(20)6-7-19(16)23/h3-7,12,23H,8-11,13H2,1-2H3/p+1. The van der Waals surface area contributed by atoms with Crippen molar-refractivity contribution in [1.82, 2.24) is 0 Å². The van der Waals surface area contributed by atoms with Gasteiger partial charge in [-0.25, -0.2) is 0 Å². The van der Waals surface area contributed by atoms with Gasteiger partial charge in [-0.05, 0) is 49.2 Å². The number of hydrogen-bond donors (Lipinski definition) is 2. The van der Waals surface area contributed by atoms with Crippen LogP contribution in [0.5, 0.6) is 5.75 Å². The molecule has 0 radical (unpaired) electrons. The number of anilines is 1. The minimum atomic E-state index is 0.346. The topological polar surface area (TPSA) is 27.9 Å². The molecule has 3 rings (SSSR count). The minimum Gasteiger partial charge on any atom is -0.507 e. The number of halogens is 1. The summed E-state index contributed by atoms with van der Waals surface area (Å²) in [7, 11) is 0. The summed E-state index contributed by atoms with van der Waals surface area (Å²) >= 11 is 6.04. The Kier molecular flexibility index (Phi) is 4.79. The first-order chi connectivity index (χ1) is 11.0. The highest BCUT2D eigenvalue weighted by molar-refractivity contribution is 6.30. The van der Waals surface area contributed by atoms with Gasteiger partial charge in [0.15, 0.2) is 0 Å². The monoisotopic (exact) mass is 331 g/mol. The van der Waals surface area contributed by atoms with Crippen LogP contribution in [0.1, 0.15) is 16.7 Å². The Balaban J connectivity index is 1.64. The van der Waals surface area contributed by atoms with Gasteiger partial charge < -0.3 is 14.9 Å². The van der Waals surface area contributed by atoms with Crippen molar-refractivity contribution in [2.75, 3.05) is 31.1 Å². The van der Waals surface area contributed by atoms with E-state index in [-0.39, 0.29) is 0 Å². The number of nitrogens with zero attached hydrogens (tertiary/aromatic N) is 1. The van der Waals surface area contributed by atoms with Gasteiger partial charge in [0.1, 0.15) is 12.3 Å². The number of hydrogen-bond acceptors (Lipinski definition) is 2. The third kappa shape index (κ3) is 3.62. The molecule has 122 valence electrons. The summed E-state index contributed by atoms with van der Waals surface area (Å²) < 4.78 is 0. The summed E-state index contributed by atoms with van der Waals surface area (Å²) in [4.78, 5) is 3.97. The molecule has 4 heteroatoms. The second kappa shape index (κ2) is 6.81. The van der Waals surface area contributed by atoms with Gasteiger partial charge in [-0.1, -0.05) is 23.7 Å². The predicted octanol–water partition coefficient (Wildman–Crippen LogP) is 2.57. The maximum Gasteiger partial charge on any atom is 0.124 e. The number of benzene rings is 2. The zero-order valence-electron chi connectivity index (χ0n) is 13.8. The van der Waals surface area contributed by atoms with Gasteiger partial charge in [0.05, 0.1) is 26.2 Å². The van der Waals surface area contributed by atoms with Gasteiger partial charge in [-0.15, -0.1) is 0 Å². The van der Waals surface area contributed by atoms with E-state index in [1.165, 1.54) is 21.7 Å². The molecule has 1 saturated heterocycles. The summed E-state index contributed by atoms with van der Waals surface area (Å²) in [6.45, 7) is 9.42. The molecule has 0 bridgehead atoms. The molecule has 0 saturated carbocycles. The molecule has 0 amide bonds. The zero-order valence-corrected chi connectivity index (χ0v) is 14.5. The van der Waals surface area contributed by atoms with Crippen LogP contribution >= 0.6 is 11.6 Å². The molecule has 2 N–H and O–H groups in total. The first kappa shape index (κ1) is 16.2. The van der Waals surface area contributed by atoms with E-state index in [0.717, 1.165) is 38.3 Å². The smallest absolute Gasteiger partial charge is 0.124 e. The Hall–Kier alpha value is -1.71. The second-order valence-corrected chi connectivity index (χ2v) is 6.84. The van der Waals surface area contributed by atoms with E-state index in [1.807, 2.05) is 6.07 Å². The Morgan fingerprint density at radius 3 is 2.61 bits per heavy atom. The number of aryl methyl sites for hydroxylation is 1.